The van der Waals surface area contributed by atoms with Crippen LogP contribution >= 0.6 is 0 Å². The first-order valence-corrected chi connectivity index (χ1v) is 10.4. The van der Waals surface area contributed by atoms with Crippen molar-refractivity contribution in [1.29, 1.82) is 0 Å². The maximum Gasteiger partial charge on any atom is 0.251 e. The van der Waals surface area contributed by atoms with Crippen LogP contribution in [0.15, 0.2) is 48.5 Å². The van der Waals surface area contributed by atoms with Crippen molar-refractivity contribution in [2.24, 2.45) is 0 Å². The highest BCUT2D eigenvalue weighted by atomic mass is 32.2. The average molecular weight is 403 g/mol. The lowest BCUT2D eigenvalue weighted by Crippen LogP contribution is -2.52. The maximum absolute atomic E-state index is 13.2. The molecule has 9 heteroatoms. The Labute approximate surface area is 163 Å². The Morgan fingerprint density at radius 1 is 1.18 bits per heavy atom. The van der Waals surface area contributed by atoms with Crippen LogP contribution in [0.1, 0.15) is 6.92 Å². The number of carbonyl (C=O) groups is 2. The Morgan fingerprint density at radius 3 is 2.43 bits per heavy atom. The molecule has 148 valence electrons. The van der Waals surface area contributed by atoms with Gasteiger partial charge in [-0.1, -0.05) is 12.1 Å². The van der Waals surface area contributed by atoms with Crippen molar-refractivity contribution in [2.75, 3.05) is 34.4 Å². The van der Waals surface area contributed by atoms with Gasteiger partial charge in [0.25, 0.3) is 5.91 Å². The minimum absolute atomic E-state index is 0.180. The third kappa shape index (κ3) is 3.79. The first kappa shape index (κ1) is 19.7. The quantitative estimate of drug-likeness (QED) is 0.822. The number of hydrogen-bond acceptors (Lipinski definition) is 5. The molecule has 0 bridgehead atoms. The lowest BCUT2D eigenvalue weighted by molar-refractivity contribution is -0.122. The number of fused-ring (bicyclic) bond motifs is 1. The Morgan fingerprint density at radius 2 is 1.82 bits per heavy atom. The van der Waals surface area contributed by atoms with E-state index in [2.05, 4.69) is 5.32 Å². The Hall–Kier alpha value is -3.07. The number of carbonyl (C=O) groups excluding carboxylic acids is 2. The molecule has 0 spiro atoms. The molecule has 1 atom stereocenters. The minimum Gasteiger partial charge on any atom is -0.497 e. The van der Waals surface area contributed by atoms with Crippen LogP contribution in [0.4, 0.5) is 17.1 Å². The summed E-state index contributed by atoms with van der Waals surface area (Å²) in [6, 6.07) is 12.2. The van der Waals surface area contributed by atoms with Gasteiger partial charge in [0.15, 0.2) is 0 Å². The smallest absolute Gasteiger partial charge is 0.251 e. The Balaban J connectivity index is 1.98. The minimum atomic E-state index is -3.77. The number of methoxy groups -OCH3 is 1. The number of nitrogens with zero attached hydrogens (tertiary/aromatic N) is 2. The highest BCUT2D eigenvalue weighted by Crippen LogP contribution is 2.31. The fraction of sp³-hybridized carbons (Fsp3) is 0.263. The summed E-state index contributed by atoms with van der Waals surface area (Å²) >= 11 is 0. The predicted octanol–water partition coefficient (Wildman–Crippen LogP) is 1.83. The third-order valence-corrected chi connectivity index (χ3v) is 5.67. The van der Waals surface area contributed by atoms with Crippen molar-refractivity contribution in [1.82, 2.24) is 0 Å². The molecule has 0 aliphatic carbocycles. The zero-order valence-electron chi connectivity index (χ0n) is 15.7. The number of anilines is 3. The molecule has 1 N–H and O–H groups in total. The number of amides is 2. The molecule has 1 aliphatic rings. The van der Waals surface area contributed by atoms with Gasteiger partial charge in [0, 0.05) is 0 Å². The van der Waals surface area contributed by atoms with Crippen molar-refractivity contribution in [3.8, 4) is 5.75 Å². The van der Waals surface area contributed by atoms with Gasteiger partial charge < -0.3 is 10.1 Å². The zero-order valence-corrected chi connectivity index (χ0v) is 16.6. The summed E-state index contributed by atoms with van der Waals surface area (Å²) in [6.07, 6.45) is 1.04. The van der Waals surface area contributed by atoms with E-state index in [1.54, 1.807) is 48.5 Å². The van der Waals surface area contributed by atoms with Crippen LogP contribution in [-0.2, 0) is 19.6 Å². The maximum atomic E-state index is 13.2. The van der Waals surface area contributed by atoms with Gasteiger partial charge >= 0.3 is 0 Å². The van der Waals surface area contributed by atoms with Crippen LogP contribution in [0.3, 0.4) is 0 Å². The summed E-state index contributed by atoms with van der Waals surface area (Å²) in [5.74, 6) is -0.268. The summed E-state index contributed by atoms with van der Waals surface area (Å²) in [7, 11) is -2.26. The van der Waals surface area contributed by atoms with E-state index < -0.39 is 22.0 Å². The molecule has 8 nitrogen and oxygen atoms in total. The molecular formula is C19H21N3O5S. The lowest BCUT2D eigenvalue weighted by atomic mass is 10.1. The monoisotopic (exact) mass is 403 g/mol. The first-order chi connectivity index (χ1) is 13.2. The van der Waals surface area contributed by atoms with Crippen LogP contribution < -0.4 is 19.3 Å². The van der Waals surface area contributed by atoms with Gasteiger partial charge in [0.1, 0.15) is 18.3 Å². The summed E-state index contributed by atoms with van der Waals surface area (Å²) < 4.78 is 31.1. The number of para-hydroxylation sites is 2. The summed E-state index contributed by atoms with van der Waals surface area (Å²) in [4.78, 5) is 26.5. The average Bonchev–Trinajstić information content (AvgIpc) is 2.66. The first-order valence-electron chi connectivity index (χ1n) is 8.56. The van der Waals surface area contributed by atoms with E-state index in [1.165, 1.54) is 18.9 Å². The van der Waals surface area contributed by atoms with Crippen molar-refractivity contribution in [2.45, 2.75) is 13.0 Å². The largest absolute Gasteiger partial charge is 0.497 e. The molecule has 0 unspecified atom stereocenters. The molecule has 2 amide bonds. The van der Waals surface area contributed by atoms with E-state index >= 15 is 0 Å². The molecule has 0 saturated carbocycles. The second kappa shape index (κ2) is 7.51. The fourth-order valence-electron chi connectivity index (χ4n) is 3.19. The Bertz CT molecular complexity index is 1000. The molecule has 0 fully saturated rings. The van der Waals surface area contributed by atoms with E-state index in [4.69, 9.17) is 4.74 Å². The van der Waals surface area contributed by atoms with Gasteiger partial charge in [0.2, 0.25) is 15.9 Å². The number of hydrogen-bond donors (Lipinski definition) is 1. The fourth-order valence-corrected chi connectivity index (χ4v) is 4.36. The number of sulfonamides is 1. The van der Waals surface area contributed by atoms with E-state index in [9.17, 15) is 18.0 Å². The van der Waals surface area contributed by atoms with Crippen LogP contribution in [-0.4, -0.2) is 46.2 Å². The SMILES string of the molecule is COc1ccc(N([C@@H](C)C(=O)N2CC(=O)Nc3ccccc32)S(C)(=O)=O)cc1. The molecular weight excluding hydrogens is 382 g/mol. The number of benzene rings is 2. The molecule has 0 radical (unpaired) electrons. The van der Waals surface area contributed by atoms with Crippen molar-refractivity contribution < 1.29 is 22.7 Å². The predicted molar refractivity (Wildman–Crippen MR) is 107 cm³/mol. The van der Waals surface area contributed by atoms with Gasteiger partial charge in [-0.25, -0.2) is 8.42 Å². The van der Waals surface area contributed by atoms with Gasteiger partial charge in [0.05, 0.1) is 30.4 Å². The van der Waals surface area contributed by atoms with Crippen LogP contribution in [0.25, 0.3) is 0 Å². The molecule has 0 saturated heterocycles. The highest BCUT2D eigenvalue weighted by molar-refractivity contribution is 7.92. The molecule has 1 heterocycles. The van der Waals surface area contributed by atoms with Crippen LogP contribution in [0.2, 0.25) is 0 Å². The normalized spacial score (nSPS) is 14.7. The molecule has 0 aromatic heterocycles. The topological polar surface area (TPSA) is 96.0 Å². The highest BCUT2D eigenvalue weighted by Gasteiger charge is 2.35. The van der Waals surface area contributed by atoms with E-state index in [-0.39, 0.29) is 12.5 Å². The number of nitrogens with one attached hydrogen (secondary N) is 1. The van der Waals surface area contributed by atoms with Gasteiger partial charge in [-0.05, 0) is 43.3 Å². The molecule has 28 heavy (non-hydrogen) atoms. The number of rotatable bonds is 5. The number of ether oxygens (including phenoxy) is 1. The second-order valence-electron chi connectivity index (χ2n) is 6.42. The summed E-state index contributed by atoms with van der Waals surface area (Å²) in [6.45, 7) is 1.32. The molecule has 3 rings (SSSR count). The van der Waals surface area contributed by atoms with E-state index in [1.807, 2.05) is 0 Å². The second-order valence-corrected chi connectivity index (χ2v) is 8.28. The lowest BCUT2D eigenvalue weighted by Gasteiger charge is -2.35. The zero-order chi connectivity index (χ0) is 20.5. The summed E-state index contributed by atoms with van der Waals surface area (Å²) in [5, 5.41) is 2.71. The molecule has 2 aromatic carbocycles. The Kier molecular flexibility index (Phi) is 5.28. The van der Waals surface area contributed by atoms with Gasteiger partial charge in [-0.2, -0.15) is 0 Å². The third-order valence-electron chi connectivity index (χ3n) is 4.43. The molecule has 1 aliphatic heterocycles. The van der Waals surface area contributed by atoms with Crippen LogP contribution in [0.5, 0.6) is 5.75 Å². The van der Waals surface area contributed by atoms with E-state index in [0.29, 0.717) is 22.8 Å². The van der Waals surface area contributed by atoms with Crippen LogP contribution in [0, 0.1) is 0 Å². The van der Waals surface area contributed by atoms with Gasteiger partial charge in [-0.15, -0.1) is 0 Å². The molecule has 2 aromatic rings. The standard InChI is InChI=1S/C19H21N3O5S/c1-13(22(28(3,25)26)14-8-10-15(27-2)11-9-14)19(24)21-12-18(23)20-16-6-4-5-7-17(16)21/h4-11,13H,12H2,1-3H3,(H,20,23)/t13-/m0/s1. The van der Waals surface area contributed by atoms with E-state index in [0.717, 1.165) is 10.6 Å². The van der Waals surface area contributed by atoms with Crippen molar-refractivity contribution >= 4 is 38.9 Å². The summed E-state index contributed by atoms with van der Waals surface area (Å²) in [5.41, 5.74) is 1.37. The van der Waals surface area contributed by atoms with Crippen molar-refractivity contribution in [3.63, 3.8) is 0 Å². The van der Waals surface area contributed by atoms with Gasteiger partial charge in [-0.3, -0.25) is 18.8 Å². The van der Waals surface area contributed by atoms with Crippen molar-refractivity contribution in [3.05, 3.63) is 48.5 Å².